The second kappa shape index (κ2) is 4.05. The highest BCUT2D eigenvalue weighted by Gasteiger charge is 2.46. The number of hydrogen-bond donors (Lipinski definition) is 0. The molecule has 0 aromatic heterocycles. The molecule has 0 saturated heterocycles. The van der Waals surface area contributed by atoms with Crippen LogP contribution < -0.4 is 0 Å². The summed E-state index contributed by atoms with van der Waals surface area (Å²) in [5.74, 6) is 0.320. The largest absolute Gasteiger partial charge is 0.294 e. The van der Waals surface area contributed by atoms with Gasteiger partial charge in [0.1, 0.15) is 0 Å². The van der Waals surface area contributed by atoms with Crippen molar-refractivity contribution < 1.29 is 4.79 Å². The molecular formula is C19H18O. The summed E-state index contributed by atoms with van der Waals surface area (Å²) >= 11 is 0. The van der Waals surface area contributed by atoms with Gasteiger partial charge < -0.3 is 0 Å². The number of aryl methyl sites for hydroxylation is 2. The van der Waals surface area contributed by atoms with Crippen LogP contribution in [0.4, 0.5) is 0 Å². The van der Waals surface area contributed by atoms with Crippen LogP contribution in [0.3, 0.4) is 0 Å². The molecule has 100 valence electrons. The molecule has 1 nitrogen and oxygen atoms in total. The minimum Gasteiger partial charge on any atom is -0.294 e. The average Bonchev–Trinajstić information content (AvgIpc) is 2.73. The third-order valence-corrected chi connectivity index (χ3v) is 5.04. The molecule has 0 bridgehead atoms. The zero-order chi connectivity index (χ0) is 13.7. The highest BCUT2D eigenvalue weighted by atomic mass is 16.1. The van der Waals surface area contributed by atoms with Crippen molar-refractivity contribution >= 4 is 5.78 Å². The molecule has 1 atom stereocenters. The van der Waals surface area contributed by atoms with Crippen molar-refractivity contribution in [2.24, 2.45) is 0 Å². The highest BCUT2D eigenvalue weighted by molar-refractivity contribution is 6.03. The molecule has 0 N–H and O–H groups in total. The maximum atomic E-state index is 12.5. The van der Waals surface area contributed by atoms with Gasteiger partial charge in [-0.3, -0.25) is 4.79 Å². The van der Waals surface area contributed by atoms with Crippen molar-refractivity contribution in [3.63, 3.8) is 0 Å². The molecule has 2 aromatic rings. The zero-order valence-electron chi connectivity index (χ0n) is 11.8. The quantitative estimate of drug-likeness (QED) is 0.695. The Morgan fingerprint density at radius 2 is 1.90 bits per heavy atom. The molecule has 2 aromatic carbocycles. The van der Waals surface area contributed by atoms with Gasteiger partial charge in [0.2, 0.25) is 0 Å². The second-order valence-electron chi connectivity index (χ2n) is 6.24. The first-order valence-corrected chi connectivity index (χ1v) is 7.43. The average molecular weight is 262 g/mol. The third-order valence-electron chi connectivity index (χ3n) is 5.04. The number of benzene rings is 2. The van der Waals surface area contributed by atoms with E-state index < -0.39 is 0 Å². The van der Waals surface area contributed by atoms with E-state index in [1.807, 2.05) is 0 Å². The molecule has 4 rings (SSSR count). The van der Waals surface area contributed by atoms with Crippen molar-refractivity contribution in [3.05, 3.63) is 70.3 Å². The van der Waals surface area contributed by atoms with Gasteiger partial charge in [-0.05, 0) is 48.9 Å². The lowest BCUT2D eigenvalue weighted by Crippen LogP contribution is -2.30. The maximum absolute atomic E-state index is 12.5. The first-order valence-electron chi connectivity index (χ1n) is 7.43. The molecule has 1 heteroatoms. The number of fused-ring (bicyclic) bond motifs is 4. The van der Waals surface area contributed by atoms with Crippen LogP contribution in [0.25, 0.3) is 0 Å². The van der Waals surface area contributed by atoms with Gasteiger partial charge in [-0.1, -0.05) is 42.0 Å². The van der Waals surface area contributed by atoms with Gasteiger partial charge in [-0.25, -0.2) is 0 Å². The Morgan fingerprint density at radius 3 is 2.80 bits per heavy atom. The number of ketones is 1. The topological polar surface area (TPSA) is 17.1 Å². The van der Waals surface area contributed by atoms with Crippen LogP contribution in [0.5, 0.6) is 0 Å². The summed E-state index contributed by atoms with van der Waals surface area (Å²) in [5, 5.41) is 0. The molecule has 1 spiro atoms. The van der Waals surface area contributed by atoms with Crippen molar-refractivity contribution in [1.29, 1.82) is 0 Å². The van der Waals surface area contributed by atoms with Crippen LogP contribution in [0.1, 0.15) is 51.9 Å². The molecule has 2 aliphatic carbocycles. The van der Waals surface area contributed by atoms with E-state index in [1.54, 1.807) is 0 Å². The van der Waals surface area contributed by atoms with Gasteiger partial charge in [0.25, 0.3) is 0 Å². The molecule has 1 unspecified atom stereocenters. The minimum atomic E-state index is -0.0467. The predicted molar refractivity (Wildman–Crippen MR) is 80.3 cm³/mol. The number of carbonyl (C=O) groups is 1. The summed E-state index contributed by atoms with van der Waals surface area (Å²) in [4.78, 5) is 12.5. The monoisotopic (exact) mass is 262 g/mol. The summed E-state index contributed by atoms with van der Waals surface area (Å²) in [6.45, 7) is 2.06. The van der Waals surface area contributed by atoms with Crippen molar-refractivity contribution in [2.45, 2.75) is 38.0 Å². The fourth-order valence-electron chi connectivity index (χ4n) is 4.15. The Hall–Kier alpha value is -1.89. The number of rotatable bonds is 0. The predicted octanol–water partition coefficient (Wildman–Crippen LogP) is 4.20. The highest BCUT2D eigenvalue weighted by Crippen LogP contribution is 2.50. The maximum Gasteiger partial charge on any atom is 0.164 e. The van der Waals surface area contributed by atoms with Crippen molar-refractivity contribution in [3.8, 4) is 0 Å². The van der Waals surface area contributed by atoms with E-state index in [4.69, 9.17) is 0 Å². The van der Waals surface area contributed by atoms with Gasteiger partial charge in [0, 0.05) is 17.4 Å². The fourth-order valence-corrected chi connectivity index (χ4v) is 4.15. The first kappa shape index (κ1) is 11.9. The van der Waals surface area contributed by atoms with E-state index >= 15 is 0 Å². The normalized spacial score (nSPS) is 23.8. The fraction of sp³-hybridized carbons (Fsp3) is 0.316. The summed E-state index contributed by atoms with van der Waals surface area (Å²) in [7, 11) is 0. The number of Topliss-reactive ketones (excluding diaryl/α,β-unsaturated/α-hetero) is 1. The van der Waals surface area contributed by atoms with Gasteiger partial charge in [-0.15, -0.1) is 0 Å². The van der Waals surface area contributed by atoms with Crippen LogP contribution >= 0.6 is 0 Å². The molecule has 2 aliphatic rings. The van der Waals surface area contributed by atoms with E-state index in [2.05, 4.69) is 49.4 Å². The van der Waals surface area contributed by atoms with Gasteiger partial charge >= 0.3 is 0 Å². The summed E-state index contributed by atoms with van der Waals surface area (Å²) < 4.78 is 0. The van der Waals surface area contributed by atoms with Crippen LogP contribution in [-0.4, -0.2) is 5.78 Å². The summed E-state index contributed by atoms with van der Waals surface area (Å²) in [6, 6.07) is 15.1. The molecule has 0 saturated carbocycles. The van der Waals surface area contributed by atoms with Crippen LogP contribution in [0, 0.1) is 6.92 Å². The molecule has 0 fully saturated rings. The van der Waals surface area contributed by atoms with Crippen LogP contribution in [-0.2, 0) is 11.8 Å². The van der Waals surface area contributed by atoms with E-state index in [0.29, 0.717) is 12.2 Å². The lowest BCUT2D eigenvalue weighted by atomic mass is 9.66. The summed E-state index contributed by atoms with van der Waals surface area (Å²) in [5.41, 5.74) is 6.18. The third kappa shape index (κ3) is 1.46. The van der Waals surface area contributed by atoms with E-state index in [1.165, 1.54) is 28.7 Å². The SMILES string of the molecule is Cc1ccc2c(c1)C(=O)CC21CCCc2ccccc21. The van der Waals surface area contributed by atoms with Gasteiger partial charge in [0.15, 0.2) is 5.78 Å². The molecule has 0 radical (unpaired) electrons. The van der Waals surface area contributed by atoms with Crippen LogP contribution in [0.2, 0.25) is 0 Å². The Bertz CT molecular complexity index is 713. The number of carbonyl (C=O) groups excluding carboxylic acids is 1. The molecular weight excluding hydrogens is 244 g/mol. The van der Waals surface area contributed by atoms with Crippen LogP contribution in [0.15, 0.2) is 42.5 Å². The molecule has 0 heterocycles. The van der Waals surface area contributed by atoms with E-state index in [-0.39, 0.29) is 5.41 Å². The Morgan fingerprint density at radius 1 is 1.05 bits per heavy atom. The lowest BCUT2D eigenvalue weighted by molar-refractivity contribution is 0.0976. The van der Waals surface area contributed by atoms with E-state index in [9.17, 15) is 4.79 Å². The van der Waals surface area contributed by atoms with Crippen molar-refractivity contribution in [2.75, 3.05) is 0 Å². The standard InChI is InChI=1S/C19H18O/c1-13-8-9-17-15(11-13)18(20)12-19(17)10-4-6-14-5-2-3-7-16(14)19/h2-3,5,7-9,11H,4,6,10,12H2,1H3. The Balaban J connectivity index is 2.00. The molecule has 0 amide bonds. The molecule has 0 aliphatic heterocycles. The summed E-state index contributed by atoms with van der Waals surface area (Å²) in [6.07, 6.45) is 4.08. The van der Waals surface area contributed by atoms with Gasteiger partial charge in [0.05, 0.1) is 0 Å². The smallest absolute Gasteiger partial charge is 0.164 e. The molecule has 20 heavy (non-hydrogen) atoms. The van der Waals surface area contributed by atoms with Gasteiger partial charge in [-0.2, -0.15) is 0 Å². The van der Waals surface area contributed by atoms with Crippen molar-refractivity contribution in [1.82, 2.24) is 0 Å². The van der Waals surface area contributed by atoms with E-state index in [0.717, 1.165) is 18.4 Å². The first-order chi connectivity index (χ1) is 9.71. The second-order valence-corrected chi connectivity index (χ2v) is 6.24. The zero-order valence-corrected chi connectivity index (χ0v) is 11.8. The Kier molecular flexibility index (Phi) is 2.41. The minimum absolute atomic E-state index is 0.0467. The lowest BCUT2D eigenvalue weighted by Gasteiger charge is -2.36. The Labute approximate surface area is 119 Å². The number of hydrogen-bond acceptors (Lipinski definition) is 1.